The molecule has 1 saturated heterocycles. The maximum atomic E-state index is 5.38. The minimum atomic E-state index is -0.116. The van der Waals surface area contributed by atoms with Crippen molar-refractivity contribution in [1.29, 1.82) is 0 Å². The van der Waals surface area contributed by atoms with Gasteiger partial charge in [0, 0.05) is 13.0 Å². The van der Waals surface area contributed by atoms with Crippen molar-refractivity contribution in [2.45, 2.75) is 12.0 Å². The Hall–Kier alpha value is -0.610. The van der Waals surface area contributed by atoms with E-state index >= 15 is 0 Å². The zero-order chi connectivity index (χ0) is 7.03. The molecule has 0 radical (unpaired) electrons. The zero-order valence-corrected chi connectivity index (χ0v) is 5.67. The first-order valence-electron chi connectivity index (χ1n) is 3.36. The molecular formula is C6H10N2O2. The van der Waals surface area contributed by atoms with Gasteiger partial charge in [-0.1, -0.05) is 5.16 Å². The van der Waals surface area contributed by atoms with E-state index < -0.39 is 0 Å². The number of oxime groups is 1. The van der Waals surface area contributed by atoms with Gasteiger partial charge in [-0.05, 0) is 0 Å². The van der Waals surface area contributed by atoms with Crippen LogP contribution in [0.25, 0.3) is 0 Å². The number of ether oxygens (including phenoxy) is 1. The Kier molecular flexibility index (Phi) is 1.18. The summed E-state index contributed by atoms with van der Waals surface area (Å²) in [4.78, 5) is 5.16. The lowest BCUT2D eigenvalue weighted by atomic mass is 9.96. The number of hydrogen-bond donors (Lipinski definition) is 1. The number of nitrogens with zero attached hydrogens (tertiary/aromatic N) is 1. The van der Waals surface area contributed by atoms with E-state index in [2.05, 4.69) is 5.16 Å². The lowest BCUT2D eigenvalue weighted by Crippen LogP contribution is -2.49. The van der Waals surface area contributed by atoms with Crippen LogP contribution in [-0.4, -0.2) is 31.1 Å². The minimum absolute atomic E-state index is 0.116. The van der Waals surface area contributed by atoms with E-state index in [1.165, 1.54) is 0 Å². The van der Waals surface area contributed by atoms with Crippen LogP contribution in [0, 0.1) is 0 Å². The second-order valence-electron chi connectivity index (χ2n) is 2.81. The molecule has 1 fully saturated rings. The highest BCUT2D eigenvalue weighted by molar-refractivity contribution is 5.87. The SMILES string of the molecule is NCC1=NOC2(COC2)C1. The topological polar surface area (TPSA) is 56.8 Å². The predicted molar refractivity (Wildman–Crippen MR) is 35.7 cm³/mol. The molecule has 0 aromatic heterocycles. The molecule has 0 unspecified atom stereocenters. The average molecular weight is 142 g/mol. The van der Waals surface area contributed by atoms with Gasteiger partial charge in [-0.2, -0.15) is 0 Å². The number of rotatable bonds is 1. The summed E-state index contributed by atoms with van der Waals surface area (Å²) < 4.78 is 5.01. The zero-order valence-electron chi connectivity index (χ0n) is 5.67. The minimum Gasteiger partial charge on any atom is -0.384 e. The summed E-state index contributed by atoms with van der Waals surface area (Å²) in [6, 6.07) is 0. The standard InChI is InChI=1S/C6H10N2O2/c7-2-5-1-6(10-8-5)3-9-4-6/h1-4,7H2. The molecule has 0 aliphatic carbocycles. The Morgan fingerprint density at radius 2 is 2.40 bits per heavy atom. The largest absolute Gasteiger partial charge is 0.384 e. The van der Waals surface area contributed by atoms with Crippen molar-refractivity contribution in [2.75, 3.05) is 19.8 Å². The molecular weight excluding hydrogens is 132 g/mol. The molecule has 0 bridgehead atoms. The summed E-state index contributed by atoms with van der Waals surface area (Å²) in [5.41, 5.74) is 6.21. The second-order valence-corrected chi connectivity index (χ2v) is 2.81. The molecule has 4 nitrogen and oxygen atoms in total. The lowest BCUT2D eigenvalue weighted by Gasteiger charge is -2.34. The molecule has 0 saturated carbocycles. The molecule has 4 heteroatoms. The van der Waals surface area contributed by atoms with Crippen molar-refractivity contribution in [2.24, 2.45) is 10.9 Å². The van der Waals surface area contributed by atoms with Crippen LogP contribution in [0.1, 0.15) is 6.42 Å². The van der Waals surface area contributed by atoms with Crippen molar-refractivity contribution < 1.29 is 9.57 Å². The first-order chi connectivity index (χ1) is 4.85. The predicted octanol–water partition coefficient (Wildman–Crippen LogP) is -0.510. The highest BCUT2D eigenvalue weighted by Gasteiger charge is 2.45. The molecule has 56 valence electrons. The fourth-order valence-corrected chi connectivity index (χ4v) is 1.19. The fourth-order valence-electron chi connectivity index (χ4n) is 1.19. The van der Waals surface area contributed by atoms with Gasteiger partial charge in [-0.25, -0.2) is 0 Å². The van der Waals surface area contributed by atoms with Crippen molar-refractivity contribution >= 4 is 5.71 Å². The normalized spacial score (nSPS) is 27.5. The quantitative estimate of drug-likeness (QED) is 0.536. The van der Waals surface area contributed by atoms with Gasteiger partial charge in [0.1, 0.15) is 0 Å². The van der Waals surface area contributed by atoms with E-state index in [0.29, 0.717) is 19.8 Å². The van der Waals surface area contributed by atoms with Gasteiger partial charge < -0.3 is 15.3 Å². The number of hydrogen-bond acceptors (Lipinski definition) is 4. The van der Waals surface area contributed by atoms with Crippen LogP contribution in [0.2, 0.25) is 0 Å². The third-order valence-electron chi connectivity index (χ3n) is 1.86. The van der Waals surface area contributed by atoms with Crippen LogP contribution in [0.3, 0.4) is 0 Å². The van der Waals surface area contributed by atoms with Gasteiger partial charge in [0.25, 0.3) is 0 Å². The number of nitrogens with two attached hydrogens (primary N) is 1. The van der Waals surface area contributed by atoms with Crippen molar-refractivity contribution in [3.05, 3.63) is 0 Å². The van der Waals surface area contributed by atoms with Gasteiger partial charge in [-0.3, -0.25) is 0 Å². The first kappa shape index (κ1) is 6.12. The van der Waals surface area contributed by atoms with Crippen LogP contribution < -0.4 is 5.73 Å². The molecule has 2 heterocycles. The van der Waals surface area contributed by atoms with Crippen molar-refractivity contribution in [3.8, 4) is 0 Å². The third-order valence-corrected chi connectivity index (χ3v) is 1.86. The van der Waals surface area contributed by atoms with E-state index in [-0.39, 0.29) is 5.60 Å². The Balaban J connectivity index is 1.98. The molecule has 10 heavy (non-hydrogen) atoms. The monoisotopic (exact) mass is 142 g/mol. The first-order valence-corrected chi connectivity index (χ1v) is 3.36. The molecule has 0 atom stereocenters. The molecule has 2 N–H and O–H groups in total. The molecule has 2 aliphatic rings. The van der Waals surface area contributed by atoms with Gasteiger partial charge in [-0.15, -0.1) is 0 Å². The smallest absolute Gasteiger partial charge is 0.189 e. The molecule has 0 aromatic carbocycles. The van der Waals surface area contributed by atoms with E-state index in [0.717, 1.165) is 12.1 Å². The third kappa shape index (κ3) is 0.726. The molecule has 1 spiro atoms. The van der Waals surface area contributed by atoms with Gasteiger partial charge >= 0.3 is 0 Å². The Morgan fingerprint density at radius 3 is 2.70 bits per heavy atom. The summed E-state index contributed by atoms with van der Waals surface area (Å²) in [6.45, 7) is 1.84. The lowest BCUT2D eigenvalue weighted by molar-refractivity contribution is -0.194. The fraction of sp³-hybridized carbons (Fsp3) is 0.833. The summed E-state index contributed by atoms with van der Waals surface area (Å²) in [7, 11) is 0. The summed E-state index contributed by atoms with van der Waals surface area (Å²) >= 11 is 0. The van der Waals surface area contributed by atoms with Crippen LogP contribution >= 0.6 is 0 Å². The highest BCUT2D eigenvalue weighted by atomic mass is 16.7. The summed E-state index contributed by atoms with van der Waals surface area (Å²) in [5.74, 6) is 0. The molecule has 0 amide bonds. The maximum Gasteiger partial charge on any atom is 0.189 e. The van der Waals surface area contributed by atoms with Crippen LogP contribution in [0.5, 0.6) is 0 Å². The van der Waals surface area contributed by atoms with Crippen molar-refractivity contribution in [1.82, 2.24) is 0 Å². The average Bonchev–Trinajstić information content (AvgIpc) is 2.29. The van der Waals surface area contributed by atoms with Crippen LogP contribution in [0.15, 0.2) is 5.16 Å². The van der Waals surface area contributed by atoms with Gasteiger partial charge in [0.05, 0.1) is 18.9 Å². The van der Waals surface area contributed by atoms with E-state index in [1.807, 2.05) is 0 Å². The Bertz CT molecular complexity index is 175. The van der Waals surface area contributed by atoms with E-state index in [4.69, 9.17) is 15.3 Å². The molecule has 2 rings (SSSR count). The Morgan fingerprint density at radius 1 is 1.60 bits per heavy atom. The Labute approximate surface area is 59.0 Å². The van der Waals surface area contributed by atoms with Crippen LogP contribution in [-0.2, 0) is 9.57 Å². The van der Waals surface area contributed by atoms with E-state index in [9.17, 15) is 0 Å². The molecule has 0 aromatic rings. The second kappa shape index (κ2) is 1.93. The maximum absolute atomic E-state index is 5.38. The van der Waals surface area contributed by atoms with Crippen LogP contribution in [0.4, 0.5) is 0 Å². The van der Waals surface area contributed by atoms with Gasteiger partial charge in [0.2, 0.25) is 0 Å². The molecule has 2 aliphatic heterocycles. The van der Waals surface area contributed by atoms with E-state index in [1.54, 1.807) is 0 Å². The summed E-state index contributed by atoms with van der Waals surface area (Å²) in [5, 5.41) is 3.84. The summed E-state index contributed by atoms with van der Waals surface area (Å²) in [6.07, 6.45) is 0.851. The highest BCUT2D eigenvalue weighted by Crippen LogP contribution is 2.30. The van der Waals surface area contributed by atoms with Crippen molar-refractivity contribution in [3.63, 3.8) is 0 Å². The van der Waals surface area contributed by atoms with Gasteiger partial charge in [0.15, 0.2) is 5.60 Å².